The molecule has 0 bridgehead atoms. The summed E-state index contributed by atoms with van der Waals surface area (Å²) in [7, 11) is 0. The van der Waals surface area contributed by atoms with Gasteiger partial charge in [0.1, 0.15) is 17.9 Å². The van der Waals surface area contributed by atoms with Gasteiger partial charge < -0.3 is 24.6 Å². The fraction of sp³-hybridized carbons (Fsp3) is 0.571. The highest BCUT2D eigenvalue weighted by Crippen LogP contribution is 2.23. The Morgan fingerprint density at radius 3 is 2.23 bits per heavy atom. The molecule has 0 saturated carbocycles. The lowest BCUT2D eigenvalue weighted by molar-refractivity contribution is -0.139. The van der Waals surface area contributed by atoms with Crippen molar-refractivity contribution in [2.24, 2.45) is 0 Å². The molecule has 166 valence electrons. The Balaban J connectivity index is 1.63. The fourth-order valence-electron chi connectivity index (χ4n) is 2.90. The summed E-state index contributed by atoms with van der Waals surface area (Å²) < 4.78 is 10.7. The molecular weight excluding hydrogens is 410 g/mol. The van der Waals surface area contributed by atoms with Crippen LogP contribution in [-0.2, 0) is 14.3 Å². The highest BCUT2D eigenvalue weighted by atomic mass is 35.5. The van der Waals surface area contributed by atoms with E-state index in [-0.39, 0.29) is 18.4 Å². The Bertz CT molecular complexity index is 742. The number of ether oxygens (including phenoxy) is 2. The van der Waals surface area contributed by atoms with Crippen molar-refractivity contribution in [1.29, 1.82) is 0 Å². The molecule has 0 aliphatic carbocycles. The average Bonchev–Trinajstić information content (AvgIpc) is 2.69. The van der Waals surface area contributed by atoms with Gasteiger partial charge in [-0.1, -0.05) is 23.7 Å². The van der Waals surface area contributed by atoms with Gasteiger partial charge in [-0.05, 0) is 39.3 Å². The highest BCUT2D eigenvalue weighted by molar-refractivity contribution is 6.32. The molecule has 2 rings (SSSR count). The number of piperazine rings is 1. The van der Waals surface area contributed by atoms with Gasteiger partial charge in [0, 0.05) is 32.6 Å². The van der Waals surface area contributed by atoms with Gasteiger partial charge in [-0.25, -0.2) is 4.79 Å². The molecule has 9 heteroatoms. The summed E-state index contributed by atoms with van der Waals surface area (Å²) in [6, 6.07) is 7.22. The lowest BCUT2D eigenvalue weighted by Gasteiger charge is -2.35. The molecule has 3 amide bonds. The second-order valence-electron chi connectivity index (χ2n) is 8.00. The van der Waals surface area contributed by atoms with Crippen LogP contribution >= 0.6 is 11.6 Å². The van der Waals surface area contributed by atoms with Crippen molar-refractivity contribution < 1.29 is 23.9 Å². The monoisotopic (exact) mass is 439 g/mol. The van der Waals surface area contributed by atoms with Crippen LogP contribution in [0.25, 0.3) is 0 Å². The first-order chi connectivity index (χ1) is 14.2. The van der Waals surface area contributed by atoms with E-state index in [1.165, 1.54) is 0 Å². The molecule has 0 aromatic heterocycles. The first kappa shape index (κ1) is 23.8. The molecule has 0 spiro atoms. The maximum atomic E-state index is 12.4. The van der Waals surface area contributed by atoms with E-state index < -0.39 is 11.7 Å². The predicted octanol–water partition coefficient (Wildman–Crippen LogP) is 2.69. The van der Waals surface area contributed by atoms with Gasteiger partial charge in [-0.15, -0.1) is 0 Å². The minimum atomic E-state index is -0.622. The summed E-state index contributed by atoms with van der Waals surface area (Å²) in [6.45, 7) is 7.39. The van der Waals surface area contributed by atoms with E-state index in [0.29, 0.717) is 56.4 Å². The number of benzene rings is 1. The lowest BCUT2D eigenvalue weighted by atomic mass is 10.2. The Hall–Kier alpha value is -2.48. The zero-order valence-corrected chi connectivity index (χ0v) is 18.5. The number of nitrogens with one attached hydrogen (secondary N) is 1. The summed E-state index contributed by atoms with van der Waals surface area (Å²) in [5.41, 5.74) is -0.614. The number of carbonyl (C=O) groups is 3. The largest absolute Gasteiger partial charge is 0.492 e. The van der Waals surface area contributed by atoms with Gasteiger partial charge in [0.15, 0.2) is 0 Å². The van der Waals surface area contributed by atoms with Crippen LogP contribution in [-0.4, -0.2) is 72.6 Å². The molecule has 1 saturated heterocycles. The van der Waals surface area contributed by atoms with Gasteiger partial charge in [0.05, 0.1) is 11.6 Å². The Labute approximate surface area is 182 Å². The number of carbonyl (C=O) groups excluding carboxylic acids is 3. The molecule has 30 heavy (non-hydrogen) atoms. The van der Waals surface area contributed by atoms with E-state index in [1.807, 2.05) is 12.1 Å². The van der Waals surface area contributed by atoms with Crippen LogP contribution in [0.15, 0.2) is 24.3 Å². The third-order valence-electron chi connectivity index (χ3n) is 4.40. The molecule has 0 unspecified atom stereocenters. The third kappa shape index (κ3) is 8.10. The zero-order chi connectivity index (χ0) is 22.1. The van der Waals surface area contributed by atoms with Crippen molar-refractivity contribution in [3.05, 3.63) is 29.3 Å². The third-order valence-corrected chi connectivity index (χ3v) is 4.71. The molecule has 1 N–H and O–H groups in total. The summed E-state index contributed by atoms with van der Waals surface area (Å²) in [6.07, 6.45) is 0.338. The van der Waals surface area contributed by atoms with E-state index in [9.17, 15) is 14.4 Å². The second-order valence-corrected chi connectivity index (χ2v) is 8.41. The van der Waals surface area contributed by atoms with E-state index in [0.717, 1.165) is 0 Å². The van der Waals surface area contributed by atoms with E-state index >= 15 is 0 Å². The number of rotatable bonds is 7. The molecule has 1 aromatic carbocycles. The van der Waals surface area contributed by atoms with Crippen molar-refractivity contribution in [2.75, 3.05) is 39.3 Å². The minimum absolute atomic E-state index is 0.0386. The van der Waals surface area contributed by atoms with Crippen molar-refractivity contribution in [3.8, 4) is 5.75 Å². The second kappa shape index (κ2) is 11.1. The first-order valence-corrected chi connectivity index (χ1v) is 10.4. The van der Waals surface area contributed by atoms with Crippen molar-refractivity contribution in [1.82, 2.24) is 15.1 Å². The quantitative estimate of drug-likeness (QED) is 0.660. The highest BCUT2D eigenvalue weighted by Gasteiger charge is 2.24. The van der Waals surface area contributed by atoms with Gasteiger partial charge in [0.2, 0.25) is 11.8 Å². The van der Waals surface area contributed by atoms with Crippen LogP contribution in [0.3, 0.4) is 0 Å². The number of halogens is 1. The summed E-state index contributed by atoms with van der Waals surface area (Å²) in [5, 5.41) is 3.01. The number of hydrogen-bond acceptors (Lipinski definition) is 5. The first-order valence-electron chi connectivity index (χ1n) is 10.1. The molecule has 1 fully saturated rings. The van der Waals surface area contributed by atoms with E-state index in [4.69, 9.17) is 21.1 Å². The summed E-state index contributed by atoms with van der Waals surface area (Å²) >= 11 is 6.03. The molecular formula is C21H30ClN3O5. The molecule has 1 aliphatic rings. The number of amides is 3. The van der Waals surface area contributed by atoms with Gasteiger partial charge in [-0.2, -0.15) is 0 Å². The topological polar surface area (TPSA) is 88.2 Å². The number of para-hydroxylation sites is 1. The van der Waals surface area contributed by atoms with Crippen LogP contribution < -0.4 is 10.1 Å². The number of hydrogen-bond donors (Lipinski definition) is 1. The number of alkyl carbamates (subject to hydrolysis) is 1. The minimum Gasteiger partial charge on any atom is -0.492 e. The Morgan fingerprint density at radius 1 is 1.03 bits per heavy atom. The Morgan fingerprint density at radius 2 is 1.63 bits per heavy atom. The van der Waals surface area contributed by atoms with Crippen LogP contribution in [0.5, 0.6) is 5.75 Å². The fourth-order valence-corrected chi connectivity index (χ4v) is 3.09. The van der Waals surface area contributed by atoms with Crippen LogP contribution in [0.2, 0.25) is 5.02 Å². The molecule has 0 atom stereocenters. The van der Waals surface area contributed by atoms with Crippen LogP contribution in [0.1, 0.15) is 33.6 Å². The van der Waals surface area contributed by atoms with Gasteiger partial charge in [0.25, 0.3) is 0 Å². The van der Waals surface area contributed by atoms with Gasteiger partial charge in [-0.3, -0.25) is 9.59 Å². The van der Waals surface area contributed by atoms with E-state index in [2.05, 4.69) is 5.32 Å². The van der Waals surface area contributed by atoms with Gasteiger partial charge >= 0.3 is 6.09 Å². The SMILES string of the molecule is CC(C)(C)OC(=O)NCC(=O)N1CCN(C(=O)CCCOc2ccccc2Cl)CC1. The molecule has 8 nitrogen and oxygen atoms in total. The predicted molar refractivity (Wildman–Crippen MR) is 114 cm³/mol. The van der Waals surface area contributed by atoms with Crippen molar-refractivity contribution in [2.45, 2.75) is 39.2 Å². The molecule has 0 radical (unpaired) electrons. The standard InChI is InChI=1S/C21H30ClN3O5/c1-21(2,3)30-20(28)23-15-19(27)25-12-10-24(11-13-25)18(26)9-6-14-29-17-8-5-4-7-16(17)22/h4-5,7-8H,6,9-15H2,1-3H3,(H,23,28). The maximum absolute atomic E-state index is 12.4. The average molecular weight is 440 g/mol. The normalized spacial score (nSPS) is 14.3. The van der Waals surface area contributed by atoms with Crippen LogP contribution in [0, 0.1) is 0 Å². The Kier molecular flexibility index (Phi) is 8.77. The summed E-state index contributed by atoms with van der Waals surface area (Å²) in [5.74, 6) is 0.455. The molecule has 1 heterocycles. The smallest absolute Gasteiger partial charge is 0.408 e. The molecule has 1 aliphatic heterocycles. The lowest BCUT2D eigenvalue weighted by Crippen LogP contribution is -2.52. The van der Waals surface area contributed by atoms with Crippen molar-refractivity contribution >= 4 is 29.5 Å². The van der Waals surface area contributed by atoms with Crippen molar-refractivity contribution in [3.63, 3.8) is 0 Å². The molecule has 1 aromatic rings. The van der Waals surface area contributed by atoms with E-state index in [1.54, 1.807) is 42.7 Å². The maximum Gasteiger partial charge on any atom is 0.408 e. The number of nitrogens with zero attached hydrogens (tertiary/aromatic N) is 2. The zero-order valence-electron chi connectivity index (χ0n) is 17.8. The summed E-state index contributed by atoms with van der Waals surface area (Å²) in [4.78, 5) is 39.6. The van der Waals surface area contributed by atoms with Crippen LogP contribution in [0.4, 0.5) is 4.79 Å².